The maximum absolute atomic E-state index is 13.1. The molecule has 2 heterocycles. The Labute approximate surface area is 184 Å². The topological polar surface area (TPSA) is 84.1 Å². The molecule has 0 saturated carbocycles. The summed E-state index contributed by atoms with van der Waals surface area (Å²) in [7, 11) is 0. The zero-order valence-electron chi connectivity index (χ0n) is 16.8. The molecule has 1 aromatic heterocycles. The number of aromatic amines is 1. The van der Waals surface area contributed by atoms with Crippen molar-refractivity contribution in [2.24, 2.45) is 11.1 Å². The van der Waals surface area contributed by atoms with Crippen LogP contribution in [0.4, 0.5) is 5.69 Å². The smallest absolute Gasteiger partial charge is 0.333 e. The second kappa shape index (κ2) is 8.10. The first-order chi connectivity index (χ1) is 14.3. The second-order valence-electron chi connectivity index (χ2n) is 8.21. The number of piperidine rings is 1. The van der Waals surface area contributed by atoms with Gasteiger partial charge >= 0.3 is 5.69 Å². The van der Waals surface area contributed by atoms with E-state index in [-0.39, 0.29) is 21.1 Å². The average Bonchev–Trinajstić information content (AvgIpc) is 2.71. The number of nitrogens with zero attached hydrogens (tertiary/aromatic N) is 2. The summed E-state index contributed by atoms with van der Waals surface area (Å²) in [5.41, 5.74) is 6.81. The average molecular weight is 447 g/mol. The van der Waals surface area contributed by atoms with Gasteiger partial charge in [0.2, 0.25) is 0 Å². The molecule has 4 rings (SSSR count). The predicted octanol–water partition coefficient (Wildman–Crippen LogP) is 3.94. The van der Waals surface area contributed by atoms with E-state index >= 15 is 0 Å². The third kappa shape index (κ3) is 3.75. The number of nitrogens with two attached hydrogens (primary N) is 1. The molecule has 6 nitrogen and oxygen atoms in total. The van der Waals surface area contributed by atoms with Gasteiger partial charge in [0.25, 0.3) is 5.56 Å². The van der Waals surface area contributed by atoms with Crippen LogP contribution < -0.4 is 21.9 Å². The van der Waals surface area contributed by atoms with E-state index in [1.807, 2.05) is 12.1 Å². The summed E-state index contributed by atoms with van der Waals surface area (Å²) in [5, 5.41) is 0.860. The fourth-order valence-electron chi connectivity index (χ4n) is 4.19. The van der Waals surface area contributed by atoms with Crippen molar-refractivity contribution in [1.29, 1.82) is 0 Å². The summed E-state index contributed by atoms with van der Waals surface area (Å²) in [5.74, 6) is 0. The van der Waals surface area contributed by atoms with Crippen LogP contribution in [0.3, 0.4) is 0 Å². The minimum Gasteiger partial charge on any atom is -0.371 e. The molecule has 158 valence electrons. The second-order valence-corrected chi connectivity index (χ2v) is 9.00. The number of nitrogens with one attached hydrogen (secondary N) is 1. The van der Waals surface area contributed by atoms with Gasteiger partial charge in [0.05, 0.1) is 26.6 Å². The van der Waals surface area contributed by atoms with E-state index in [9.17, 15) is 9.59 Å². The summed E-state index contributed by atoms with van der Waals surface area (Å²) in [4.78, 5) is 30.9. The van der Waals surface area contributed by atoms with Crippen LogP contribution in [-0.4, -0.2) is 29.2 Å². The molecule has 0 unspecified atom stereocenters. The molecular formula is C22H24Cl2N4O2. The summed E-state index contributed by atoms with van der Waals surface area (Å²) in [6, 6.07) is 10.4. The molecule has 0 bridgehead atoms. The maximum Gasteiger partial charge on any atom is 0.333 e. The van der Waals surface area contributed by atoms with Crippen LogP contribution in [0.1, 0.15) is 26.2 Å². The van der Waals surface area contributed by atoms with Gasteiger partial charge in [0.15, 0.2) is 0 Å². The predicted molar refractivity (Wildman–Crippen MR) is 123 cm³/mol. The van der Waals surface area contributed by atoms with Crippen molar-refractivity contribution < 1.29 is 0 Å². The lowest BCUT2D eigenvalue weighted by Gasteiger charge is -2.40. The van der Waals surface area contributed by atoms with E-state index in [0.29, 0.717) is 17.4 Å². The molecule has 1 aliphatic heterocycles. The molecular weight excluding hydrogens is 423 g/mol. The van der Waals surface area contributed by atoms with Gasteiger partial charge in [-0.15, -0.1) is 0 Å². The number of hydrogen-bond acceptors (Lipinski definition) is 4. The van der Waals surface area contributed by atoms with Crippen molar-refractivity contribution in [3.63, 3.8) is 0 Å². The minimum absolute atomic E-state index is 0.164. The maximum atomic E-state index is 13.1. The Morgan fingerprint density at radius 2 is 1.87 bits per heavy atom. The van der Waals surface area contributed by atoms with Crippen molar-refractivity contribution >= 4 is 39.8 Å². The molecule has 8 heteroatoms. The summed E-state index contributed by atoms with van der Waals surface area (Å²) in [6.45, 7) is 4.83. The van der Waals surface area contributed by atoms with Crippen molar-refractivity contribution in [2.75, 3.05) is 24.5 Å². The molecule has 1 aliphatic rings. The van der Waals surface area contributed by atoms with E-state index in [1.54, 1.807) is 24.3 Å². The highest BCUT2D eigenvalue weighted by Crippen LogP contribution is 2.36. The first-order valence-corrected chi connectivity index (χ1v) is 10.8. The fraction of sp³-hybridized carbons (Fsp3) is 0.364. The SMILES string of the molecule is CC1(CCN)CCN(c2ccc3c(=O)n(-c4cccc(Cl)c4Cl)c(=O)[nH]c3c2)CC1. The monoisotopic (exact) mass is 446 g/mol. The van der Waals surface area contributed by atoms with Crippen LogP contribution in [0.5, 0.6) is 0 Å². The highest BCUT2D eigenvalue weighted by molar-refractivity contribution is 6.43. The highest BCUT2D eigenvalue weighted by atomic mass is 35.5. The van der Waals surface area contributed by atoms with Gasteiger partial charge in [-0.05, 0) is 61.6 Å². The number of aromatic nitrogens is 2. The van der Waals surface area contributed by atoms with Crippen LogP contribution in [0, 0.1) is 5.41 Å². The van der Waals surface area contributed by atoms with Crippen LogP contribution >= 0.6 is 23.2 Å². The third-order valence-electron chi connectivity index (χ3n) is 6.14. The molecule has 1 saturated heterocycles. The Hall–Kier alpha value is -2.28. The standard InChI is InChI=1S/C22H24Cl2N4O2/c1-22(7-10-25)8-11-27(12-9-22)14-5-6-15-17(13-14)26-21(30)28(20(15)29)18-4-2-3-16(23)19(18)24/h2-6,13H,7-12,25H2,1H3,(H,26,30). The number of benzene rings is 2. The van der Waals surface area contributed by atoms with Gasteiger partial charge in [-0.25, -0.2) is 9.36 Å². The third-order valence-corrected chi connectivity index (χ3v) is 6.95. The zero-order chi connectivity index (χ0) is 21.5. The van der Waals surface area contributed by atoms with Crippen molar-refractivity contribution in [1.82, 2.24) is 9.55 Å². The van der Waals surface area contributed by atoms with Gasteiger partial charge in [0.1, 0.15) is 0 Å². The van der Waals surface area contributed by atoms with Gasteiger partial charge in [-0.2, -0.15) is 0 Å². The van der Waals surface area contributed by atoms with Gasteiger partial charge in [-0.1, -0.05) is 36.2 Å². The van der Waals surface area contributed by atoms with E-state index in [4.69, 9.17) is 28.9 Å². The van der Waals surface area contributed by atoms with Crippen molar-refractivity contribution in [3.8, 4) is 5.69 Å². The number of hydrogen-bond donors (Lipinski definition) is 2. The molecule has 3 N–H and O–H groups in total. The fourth-order valence-corrected chi connectivity index (χ4v) is 4.57. The molecule has 0 amide bonds. The van der Waals surface area contributed by atoms with E-state index in [1.165, 1.54) is 0 Å². The lowest BCUT2D eigenvalue weighted by Crippen LogP contribution is -2.39. The Balaban J connectivity index is 1.72. The highest BCUT2D eigenvalue weighted by Gasteiger charge is 2.29. The molecule has 0 spiro atoms. The van der Waals surface area contributed by atoms with Crippen molar-refractivity contribution in [2.45, 2.75) is 26.2 Å². The van der Waals surface area contributed by atoms with Gasteiger partial charge in [-0.3, -0.25) is 4.79 Å². The summed E-state index contributed by atoms with van der Waals surface area (Å²) in [6.07, 6.45) is 3.15. The van der Waals surface area contributed by atoms with Gasteiger partial charge in [0, 0.05) is 18.8 Å². The lowest BCUT2D eigenvalue weighted by atomic mass is 9.77. The van der Waals surface area contributed by atoms with Crippen LogP contribution in [0.25, 0.3) is 16.6 Å². The Kier molecular flexibility index (Phi) is 5.66. The summed E-state index contributed by atoms with van der Waals surface area (Å²) < 4.78 is 1.02. The van der Waals surface area contributed by atoms with Crippen molar-refractivity contribution in [3.05, 3.63) is 67.3 Å². The molecule has 0 aliphatic carbocycles. The lowest BCUT2D eigenvalue weighted by molar-refractivity contribution is 0.232. The normalized spacial score (nSPS) is 16.2. The molecule has 1 fully saturated rings. The Morgan fingerprint density at radius 1 is 1.13 bits per heavy atom. The number of rotatable bonds is 4. The Morgan fingerprint density at radius 3 is 2.57 bits per heavy atom. The molecule has 3 aromatic rings. The zero-order valence-corrected chi connectivity index (χ0v) is 18.3. The number of halogens is 2. The van der Waals surface area contributed by atoms with Crippen LogP contribution in [0.2, 0.25) is 10.0 Å². The van der Waals surface area contributed by atoms with E-state index < -0.39 is 11.2 Å². The minimum atomic E-state index is -0.553. The van der Waals surface area contributed by atoms with Crippen LogP contribution in [0.15, 0.2) is 46.0 Å². The first kappa shape index (κ1) is 21.0. The quantitative estimate of drug-likeness (QED) is 0.635. The van der Waals surface area contributed by atoms with E-state index in [0.717, 1.165) is 42.6 Å². The van der Waals surface area contributed by atoms with E-state index in [2.05, 4.69) is 16.8 Å². The Bertz CT molecular complexity index is 1210. The largest absolute Gasteiger partial charge is 0.371 e. The van der Waals surface area contributed by atoms with Crippen LogP contribution in [-0.2, 0) is 0 Å². The molecule has 0 radical (unpaired) electrons. The van der Waals surface area contributed by atoms with Gasteiger partial charge < -0.3 is 15.6 Å². The summed E-state index contributed by atoms with van der Waals surface area (Å²) >= 11 is 12.3. The number of H-pyrrole nitrogens is 1. The first-order valence-electron chi connectivity index (χ1n) is 10.0. The number of anilines is 1. The molecule has 0 atom stereocenters. The molecule has 30 heavy (non-hydrogen) atoms. The number of fused-ring (bicyclic) bond motifs is 1. The molecule has 2 aromatic carbocycles.